The Morgan fingerprint density at radius 1 is 1.25 bits per heavy atom. The Hall–Kier alpha value is -2.46. The van der Waals surface area contributed by atoms with Gasteiger partial charge in [0.05, 0.1) is 11.8 Å². The van der Waals surface area contributed by atoms with Gasteiger partial charge in [-0.1, -0.05) is 40.5 Å². The first-order valence-corrected chi connectivity index (χ1v) is 9.00. The first-order chi connectivity index (χ1) is 13.3. The second kappa shape index (κ2) is 8.27. The van der Waals surface area contributed by atoms with Crippen LogP contribution in [0.5, 0.6) is 0 Å². The third-order valence-electron chi connectivity index (χ3n) is 4.24. The number of halogens is 2. The molecule has 2 heterocycles. The van der Waals surface area contributed by atoms with Crippen LogP contribution < -0.4 is 17.0 Å². The lowest BCUT2D eigenvalue weighted by molar-refractivity contribution is 0.174. The number of aliphatic hydroxyl groups excluding tert-OH is 1. The molecular formula is C17H17Cl2N5O4. The number of hydrogen-bond acceptors (Lipinski definition) is 7. The van der Waals surface area contributed by atoms with Gasteiger partial charge >= 0.3 is 5.69 Å². The lowest BCUT2D eigenvalue weighted by Crippen LogP contribution is -2.41. The van der Waals surface area contributed by atoms with Gasteiger partial charge in [0.1, 0.15) is 11.6 Å². The zero-order valence-corrected chi connectivity index (χ0v) is 16.3. The van der Waals surface area contributed by atoms with Gasteiger partial charge in [-0.05, 0) is 17.7 Å². The van der Waals surface area contributed by atoms with E-state index in [2.05, 4.69) is 10.1 Å². The van der Waals surface area contributed by atoms with E-state index in [4.69, 9.17) is 33.5 Å². The summed E-state index contributed by atoms with van der Waals surface area (Å²) in [7, 11) is 1.47. The van der Waals surface area contributed by atoms with Crippen LogP contribution in [0.2, 0.25) is 10.0 Å². The summed E-state index contributed by atoms with van der Waals surface area (Å²) in [4.78, 5) is 28.9. The molecule has 0 aliphatic carbocycles. The molecule has 28 heavy (non-hydrogen) atoms. The molecule has 0 aliphatic heterocycles. The fraction of sp³-hybridized carbons (Fsp3) is 0.294. The van der Waals surface area contributed by atoms with Gasteiger partial charge in [-0.2, -0.15) is 4.98 Å². The maximum Gasteiger partial charge on any atom is 0.331 e. The largest absolute Gasteiger partial charge is 0.388 e. The maximum atomic E-state index is 12.4. The summed E-state index contributed by atoms with van der Waals surface area (Å²) in [6, 6.07) is 6.72. The Morgan fingerprint density at radius 3 is 2.57 bits per heavy atom. The number of rotatable bonds is 6. The molecule has 0 aliphatic rings. The molecule has 3 aromatic rings. The predicted octanol–water partition coefficient (Wildman–Crippen LogP) is 1.02. The molecule has 3 rings (SSSR count). The highest BCUT2D eigenvalue weighted by molar-refractivity contribution is 6.31. The lowest BCUT2D eigenvalue weighted by Gasteiger charge is -2.11. The van der Waals surface area contributed by atoms with Gasteiger partial charge in [-0.25, -0.2) is 9.36 Å². The maximum absolute atomic E-state index is 12.4. The van der Waals surface area contributed by atoms with Crippen molar-refractivity contribution < 1.29 is 9.63 Å². The fourth-order valence-corrected chi connectivity index (χ4v) is 3.12. The Bertz CT molecular complexity index is 1070. The Labute approximate surface area is 168 Å². The van der Waals surface area contributed by atoms with Gasteiger partial charge in [-0.3, -0.25) is 9.36 Å². The zero-order valence-electron chi connectivity index (χ0n) is 14.8. The van der Waals surface area contributed by atoms with Gasteiger partial charge in [-0.15, -0.1) is 0 Å². The van der Waals surface area contributed by atoms with Gasteiger partial charge in [0.25, 0.3) is 5.56 Å². The van der Waals surface area contributed by atoms with Crippen molar-refractivity contribution in [2.24, 2.45) is 12.8 Å². The van der Waals surface area contributed by atoms with Gasteiger partial charge in [0.15, 0.2) is 5.82 Å². The van der Waals surface area contributed by atoms with Gasteiger partial charge in [0.2, 0.25) is 5.89 Å². The van der Waals surface area contributed by atoms with E-state index in [0.717, 1.165) is 4.57 Å². The SMILES string of the molecule is Cn1c(CN)c(Cl)c(=O)n(Cc2nc(CC(O)c3ccc(Cl)cc3)no2)c1=O. The van der Waals surface area contributed by atoms with Gasteiger partial charge < -0.3 is 15.4 Å². The summed E-state index contributed by atoms with van der Waals surface area (Å²) in [5, 5.41) is 14.5. The molecule has 1 unspecified atom stereocenters. The van der Waals surface area contributed by atoms with E-state index < -0.39 is 17.4 Å². The van der Waals surface area contributed by atoms with Crippen LogP contribution in [0.1, 0.15) is 29.1 Å². The highest BCUT2D eigenvalue weighted by atomic mass is 35.5. The summed E-state index contributed by atoms with van der Waals surface area (Å²) in [6.07, 6.45) is -0.776. The average molecular weight is 426 g/mol. The molecule has 2 aromatic heterocycles. The normalized spacial score (nSPS) is 12.3. The van der Waals surface area contributed by atoms with Crippen LogP contribution in [0.4, 0.5) is 0 Å². The van der Waals surface area contributed by atoms with Crippen LogP contribution in [0.25, 0.3) is 0 Å². The molecule has 0 radical (unpaired) electrons. The third-order valence-corrected chi connectivity index (χ3v) is 4.87. The number of nitrogens with two attached hydrogens (primary N) is 1. The molecule has 0 fully saturated rings. The van der Waals surface area contributed by atoms with Crippen molar-refractivity contribution in [3.05, 3.63) is 78.1 Å². The quantitative estimate of drug-likeness (QED) is 0.602. The minimum Gasteiger partial charge on any atom is -0.388 e. The molecule has 148 valence electrons. The van der Waals surface area contributed by atoms with Crippen LogP contribution in [0.3, 0.4) is 0 Å². The average Bonchev–Trinajstić information content (AvgIpc) is 3.11. The van der Waals surface area contributed by atoms with E-state index in [1.54, 1.807) is 24.3 Å². The van der Waals surface area contributed by atoms with E-state index in [0.29, 0.717) is 10.6 Å². The van der Waals surface area contributed by atoms with Crippen molar-refractivity contribution in [1.82, 2.24) is 19.3 Å². The summed E-state index contributed by atoms with van der Waals surface area (Å²) in [6.45, 7) is -0.298. The first kappa shape index (κ1) is 20.3. The number of aromatic nitrogens is 4. The first-order valence-electron chi connectivity index (χ1n) is 8.25. The van der Waals surface area contributed by atoms with Crippen molar-refractivity contribution in [2.75, 3.05) is 0 Å². The van der Waals surface area contributed by atoms with Crippen molar-refractivity contribution >= 4 is 23.2 Å². The lowest BCUT2D eigenvalue weighted by atomic mass is 10.1. The summed E-state index contributed by atoms with van der Waals surface area (Å²) in [5.41, 5.74) is 5.13. The monoisotopic (exact) mass is 425 g/mol. The number of benzene rings is 1. The third kappa shape index (κ3) is 4.02. The van der Waals surface area contributed by atoms with Crippen molar-refractivity contribution in [3.63, 3.8) is 0 Å². The van der Waals surface area contributed by atoms with Crippen LogP contribution in [0, 0.1) is 0 Å². The molecule has 0 saturated heterocycles. The summed E-state index contributed by atoms with van der Waals surface area (Å²) >= 11 is 11.8. The van der Waals surface area contributed by atoms with E-state index in [-0.39, 0.29) is 41.9 Å². The number of hydrogen-bond donors (Lipinski definition) is 2. The number of aliphatic hydroxyl groups is 1. The van der Waals surface area contributed by atoms with E-state index in [1.165, 1.54) is 11.6 Å². The highest BCUT2D eigenvalue weighted by Crippen LogP contribution is 2.19. The van der Waals surface area contributed by atoms with E-state index >= 15 is 0 Å². The minimum atomic E-state index is -0.864. The molecule has 11 heteroatoms. The highest BCUT2D eigenvalue weighted by Gasteiger charge is 2.18. The van der Waals surface area contributed by atoms with E-state index in [1.807, 2.05) is 0 Å². The van der Waals surface area contributed by atoms with Crippen molar-refractivity contribution in [1.29, 1.82) is 0 Å². The van der Waals surface area contributed by atoms with Crippen molar-refractivity contribution in [2.45, 2.75) is 25.6 Å². The Balaban J connectivity index is 1.81. The van der Waals surface area contributed by atoms with E-state index in [9.17, 15) is 14.7 Å². The second-order valence-electron chi connectivity index (χ2n) is 6.07. The molecule has 0 amide bonds. The minimum absolute atomic E-state index is 0.0362. The summed E-state index contributed by atoms with van der Waals surface area (Å²) in [5.74, 6) is 0.265. The second-order valence-corrected chi connectivity index (χ2v) is 6.89. The number of nitrogens with zero attached hydrogens (tertiary/aromatic N) is 4. The summed E-state index contributed by atoms with van der Waals surface area (Å²) < 4.78 is 7.18. The van der Waals surface area contributed by atoms with Crippen LogP contribution in [-0.4, -0.2) is 24.4 Å². The standard InChI is InChI=1S/C17H17Cl2N5O4/c1-23-11(7-20)15(19)16(26)24(17(23)27)8-14-21-13(22-28-14)6-12(25)9-2-4-10(18)5-3-9/h2-5,12,25H,6-8,20H2,1H3. The van der Waals surface area contributed by atoms with Gasteiger partial charge in [0, 0.05) is 25.0 Å². The molecule has 0 saturated carbocycles. The molecule has 0 bridgehead atoms. The van der Waals surface area contributed by atoms with Crippen molar-refractivity contribution in [3.8, 4) is 0 Å². The molecule has 9 nitrogen and oxygen atoms in total. The Morgan fingerprint density at radius 2 is 1.93 bits per heavy atom. The zero-order chi connectivity index (χ0) is 20.4. The van der Waals surface area contributed by atoms with Crippen LogP contribution in [0.15, 0.2) is 38.4 Å². The molecule has 3 N–H and O–H groups in total. The van der Waals surface area contributed by atoms with Crippen LogP contribution >= 0.6 is 23.2 Å². The smallest absolute Gasteiger partial charge is 0.331 e. The molecule has 1 aromatic carbocycles. The molecule has 0 spiro atoms. The molecular weight excluding hydrogens is 409 g/mol. The topological polar surface area (TPSA) is 129 Å². The fourth-order valence-electron chi connectivity index (χ4n) is 2.69. The predicted molar refractivity (Wildman–Crippen MR) is 102 cm³/mol. The molecule has 1 atom stereocenters. The van der Waals surface area contributed by atoms with Crippen LogP contribution in [-0.2, 0) is 26.6 Å². The Kier molecular flexibility index (Phi) is 5.99.